The summed E-state index contributed by atoms with van der Waals surface area (Å²) in [5.74, 6) is -0.763. The number of hydrogen-bond donors (Lipinski definition) is 2. The lowest BCUT2D eigenvalue weighted by molar-refractivity contribution is -0.137. The lowest BCUT2D eigenvalue weighted by atomic mass is 10.1. The van der Waals surface area contributed by atoms with Crippen LogP contribution in [0, 0.1) is 0 Å². The van der Waals surface area contributed by atoms with Gasteiger partial charge in [-0.15, -0.1) is 0 Å². The maximum absolute atomic E-state index is 10.4. The Labute approximate surface area is 145 Å². The van der Waals surface area contributed by atoms with Crippen molar-refractivity contribution in [3.8, 4) is 0 Å². The highest BCUT2D eigenvalue weighted by Gasteiger charge is 2.34. The first-order valence-electron chi connectivity index (χ1n) is 9.17. The van der Waals surface area contributed by atoms with Gasteiger partial charge in [0, 0.05) is 6.42 Å². The van der Waals surface area contributed by atoms with Crippen LogP contribution in [-0.2, 0) is 9.53 Å². The number of carboxylic acid groups (broad SMARTS) is 1. The Morgan fingerprint density at radius 3 is 2.62 bits per heavy atom. The van der Waals surface area contributed by atoms with Crippen LogP contribution in [0.15, 0.2) is 36.5 Å². The number of allylic oxidation sites excluding steroid dienone is 2. The summed E-state index contributed by atoms with van der Waals surface area (Å²) < 4.78 is 5.55. The van der Waals surface area contributed by atoms with E-state index in [0.29, 0.717) is 12.8 Å². The minimum absolute atomic E-state index is 0.138. The number of epoxide rings is 1. The first-order chi connectivity index (χ1) is 11.6. The van der Waals surface area contributed by atoms with Crippen LogP contribution in [0.2, 0.25) is 0 Å². The van der Waals surface area contributed by atoms with E-state index in [1.54, 1.807) is 6.08 Å². The molecule has 0 aromatic carbocycles. The van der Waals surface area contributed by atoms with Crippen LogP contribution in [0.5, 0.6) is 0 Å². The molecule has 0 aliphatic carbocycles. The Balaban J connectivity index is 2.04. The Morgan fingerprint density at radius 1 is 1.12 bits per heavy atom. The van der Waals surface area contributed by atoms with Crippen molar-refractivity contribution >= 4 is 5.97 Å². The molecule has 2 unspecified atom stereocenters. The van der Waals surface area contributed by atoms with Gasteiger partial charge in [0.15, 0.2) is 0 Å². The zero-order valence-electron chi connectivity index (χ0n) is 14.8. The number of rotatable bonds is 14. The lowest BCUT2D eigenvalue weighted by Crippen LogP contribution is -2.00. The SMILES string of the molecule is CCCCC/C=C\C[C@@H]1OC1/C=C/C(O)C/C=C\CCCC(=O)O. The molecule has 1 rings (SSSR count). The average molecular weight is 336 g/mol. The molecule has 4 heteroatoms. The third-order valence-electron chi connectivity index (χ3n) is 3.96. The summed E-state index contributed by atoms with van der Waals surface area (Å²) in [4.78, 5) is 10.4. The summed E-state index contributed by atoms with van der Waals surface area (Å²) in [6.07, 6.45) is 19.9. The Bertz CT molecular complexity index is 425. The molecule has 4 nitrogen and oxygen atoms in total. The fourth-order valence-corrected chi connectivity index (χ4v) is 2.42. The van der Waals surface area contributed by atoms with Crippen LogP contribution in [0.1, 0.15) is 64.7 Å². The first kappa shape index (κ1) is 20.7. The van der Waals surface area contributed by atoms with E-state index in [0.717, 1.165) is 19.3 Å². The van der Waals surface area contributed by atoms with Gasteiger partial charge < -0.3 is 14.9 Å². The largest absolute Gasteiger partial charge is 0.481 e. The van der Waals surface area contributed by atoms with Crippen molar-refractivity contribution in [3.05, 3.63) is 36.5 Å². The van der Waals surface area contributed by atoms with Crippen LogP contribution < -0.4 is 0 Å². The summed E-state index contributed by atoms with van der Waals surface area (Å²) in [5, 5.41) is 18.4. The monoisotopic (exact) mass is 336 g/mol. The number of aliphatic hydroxyl groups is 1. The fourth-order valence-electron chi connectivity index (χ4n) is 2.42. The van der Waals surface area contributed by atoms with Gasteiger partial charge in [-0.3, -0.25) is 4.79 Å². The third kappa shape index (κ3) is 11.2. The molecule has 24 heavy (non-hydrogen) atoms. The fraction of sp³-hybridized carbons (Fsp3) is 0.650. The predicted molar refractivity (Wildman–Crippen MR) is 97.0 cm³/mol. The number of carboxylic acids is 1. The number of unbranched alkanes of at least 4 members (excludes halogenated alkanes) is 4. The van der Waals surface area contributed by atoms with Crippen LogP contribution in [0.4, 0.5) is 0 Å². The summed E-state index contributed by atoms with van der Waals surface area (Å²) in [5.41, 5.74) is 0. The van der Waals surface area contributed by atoms with E-state index in [4.69, 9.17) is 9.84 Å². The molecule has 2 N–H and O–H groups in total. The number of ether oxygens (including phenoxy) is 1. The molecular weight excluding hydrogens is 304 g/mol. The second-order valence-corrected chi connectivity index (χ2v) is 6.29. The van der Waals surface area contributed by atoms with E-state index in [1.165, 1.54) is 19.3 Å². The van der Waals surface area contributed by atoms with Crippen molar-refractivity contribution in [2.24, 2.45) is 0 Å². The van der Waals surface area contributed by atoms with Crippen LogP contribution in [0.3, 0.4) is 0 Å². The van der Waals surface area contributed by atoms with Crippen molar-refractivity contribution in [2.75, 3.05) is 0 Å². The minimum atomic E-state index is -0.763. The van der Waals surface area contributed by atoms with Crippen LogP contribution in [-0.4, -0.2) is 34.5 Å². The Hall–Kier alpha value is -1.39. The van der Waals surface area contributed by atoms with Crippen LogP contribution in [0.25, 0.3) is 0 Å². The minimum Gasteiger partial charge on any atom is -0.481 e. The summed E-state index contributed by atoms with van der Waals surface area (Å²) in [6, 6.07) is 0. The van der Waals surface area contributed by atoms with Gasteiger partial charge in [-0.25, -0.2) is 0 Å². The van der Waals surface area contributed by atoms with E-state index >= 15 is 0 Å². The molecular formula is C20H32O4. The second-order valence-electron chi connectivity index (χ2n) is 6.29. The van der Waals surface area contributed by atoms with Gasteiger partial charge in [0.05, 0.1) is 12.2 Å². The molecule has 0 spiro atoms. The van der Waals surface area contributed by atoms with E-state index in [1.807, 2.05) is 18.2 Å². The van der Waals surface area contributed by atoms with Crippen molar-refractivity contribution in [1.82, 2.24) is 0 Å². The summed E-state index contributed by atoms with van der Waals surface area (Å²) in [7, 11) is 0. The highest BCUT2D eigenvalue weighted by molar-refractivity contribution is 5.66. The van der Waals surface area contributed by atoms with Gasteiger partial charge in [0.25, 0.3) is 0 Å². The number of aliphatic hydroxyl groups excluding tert-OH is 1. The highest BCUT2D eigenvalue weighted by atomic mass is 16.6. The molecule has 0 bridgehead atoms. The topological polar surface area (TPSA) is 70.1 Å². The molecule has 1 aliphatic heterocycles. The molecule has 0 saturated carbocycles. The zero-order chi connectivity index (χ0) is 17.6. The smallest absolute Gasteiger partial charge is 0.303 e. The second kappa shape index (κ2) is 13.0. The van der Waals surface area contributed by atoms with Crippen molar-refractivity contribution in [1.29, 1.82) is 0 Å². The standard InChI is InChI=1S/C20H32O4/c1-2-3-4-5-6-10-13-18-19(24-18)16-15-17(21)12-9-7-8-11-14-20(22)23/h6-7,9-10,15-19,21H,2-5,8,11-14H2,1H3,(H,22,23)/b9-7-,10-6-,16-15+/t17?,18-,19?/m0/s1. The van der Waals surface area contributed by atoms with Gasteiger partial charge >= 0.3 is 5.97 Å². The highest BCUT2D eigenvalue weighted by Crippen LogP contribution is 2.27. The van der Waals surface area contributed by atoms with Crippen molar-refractivity contribution in [3.63, 3.8) is 0 Å². The molecule has 3 atom stereocenters. The number of carbonyl (C=O) groups is 1. The van der Waals surface area contributed by atoms with E-state index < -0.39 is 12.1 Å². The number of aliphatic carboxylic acids is 1. The summed E-state index contributed by atoms with van der Waals surface area (Å²) in [6.45, 7) is 2.21. The maximum atomic E-state index is 10.4. The lowest BCUT2D eigenvalue weighted by Gasteiger charge is -1.99. The van der Waals surface area contributed by atoms with Gasteiger partial charge in [-0.1, -0.05) is 56.2 Å². The molecule has 0 amide bonds. The van der Waals surface area contributed by atoms with Gasteiger partial charge in [0.1, 0.15) is 6.10 Å². The quantitative estimate of drug-likeness (QED) is 0.280. The van der Waals surface area contributed by atoms with Crippen molar-refractivity contribution in [2.45, 2.75) is 83.0 Å². The van der Waals surface area contributed by atoms with E-state index in [2.05, 4.69) is 19.1 Å². The Morgan fingerprint density at radius 2 is 1.88 bits per heavy atom. The first-order valence-corrected chi connectivity index (χ1v) is 9.17. The maximum Gasteiger partial charge on any atom is 0.303 e. The molecule has 0 aromatic heterocycles. The van der Waals surface area contributed by atoms with E-state index in [-0.39, 0.29) is 18.6 Å². The molecule has 0 radical (unpaired) electrons. The molecule has 1 aliphatic rings. The summed E-state index contributed by atoms with van der Waals surface area (Å²) >= 11 is 0. The van der Waals surface area contributed by atoms with Gasteiger partial charge in [0.2, 0.25) is 0 Å². The zero-order valence-corrected chi connectivity index (χ0v) is 14.8. The predicted octanol–water partition coefficient (Wildman–Crippen LogP) is 4.40. The molecule has 1 heterocycles. The average Bonchev–Trinajstić information content (AvgIpc) is 3.30. The Kier molecular flexibility index (Phi) is 11.2. The van der Waals surface area contributed by atoms with Gasteiger partial charge in [-0.2, -0.15) is 0 Å². The molecule has 0 aromatic rings. The normalized spacial score (nSPS) is 21.9. The van der Waals surface area contributed by atoms with E-state index in [9.17, 15) is 9.90 Å². The van der Waals surface area contributed by atoms with Gasteiger partial charge in [-0.05, 0) is 38.5 Å². The molecule has 1 saturated heterocycles. The van der Waals surface area contributed by atoms with Crippen molar-refractivity contribution < 1.29 is 19.7 Å². The number of hydrogen-bond acceptors (Lipinski definition) is 3. The third-order valence-corrected chi connectivity index (χ3v) is 3.96. The van der Waals surface area contributed by atoms with Crippen LogP contribution >= 0.6 is 0 Å². The molecule has 1 fully saturated rings. The molecule has 136 valence electrons.